The van der Waals surface area contributed by atoms with E-state index in [2.05, 4.69) is 5.32 Å². The third-order valence-electron chi connectivity index (χ3n) is 3.42. The maximum Gasteiger partial charge on any atom is 0.254 e. The number of rotatable bonds is 7. The molecule has 0 radical (unpaired) electrons. The van der Waals surface area contributed by atoms with E-state index in [-0.39, 0.29) is 42.9 Å². The summed E-state index contributed by atoms with van der Waals surface area (Å²) in [6.45, 7) is 2.45. The fourth-order valence-electron chi connectivity index (χ4n) is 1.79. The molecule has 0 aromatic heterocycles. The standard InChI is InChI=1S/C15H21F2N3O2.ClH/c1-10(9-18)20(2)14(21)4-3-7-19-15(22)12-6-5-11(16)8-13(12)17;/h5-6,8,10H,3-4,7,9,18H2,1-2H3,(H,19,22);1H. The molecule has 0 saturated heterocycles. The third kappa shape index (κ3) is 6.50. The van der Waals surface area contributed by atoms with Gasteiger partial charge in [-0.3, -0.25) is 9.59 Å². The van der Waals surface area contributed by atoms with E-state index in [1.807, 2.05) is 6.92 Å². The first-order valence-corrected chi connectivity index (χ1v) is 7.05. The number of carbonyl (C=O) groups excluding carboxylic acids is 2. The zero-order valence-electron chi connectivity index (χ0n) is 13.1. The lowest BCUT2D eigenvalue weighted by Crippen LogP contribution is -2.39. The molecule has 0 fully saturated rings. The Morgan fingerprint density at radius 3 is 2.57 bits per heavy atom. The molecule has 0 aliphatic rings. The van der Waals surface area contributed by atoms with Crippen molar-refractivity contribution in [3.8, 4) is 0 Å². The molecule has 1 aromatic rings. The number of amides is 2. The number of carbonyl (C=O) groups is 2. The van der Waals surface area contributed by atoms with Crippen LogP contribution in [0.5, 0.6) is 0 Å². The minimum absolute atomic E-state index is 0. The molecule has 3 N–H and O–H groups in total. The molecule has 2 amide bonds. The van der Waals surface area contributed by atoms with Gasteiger partial charge in [-0.05, 0) is 25.5 Å². The fraction of sp³-hybridized carbons (Fsp3) is 0.467. The Bertz CT molecular complexity index is 543. The first-order valence-electron chi connectivity index (χ1n) is 7.05. The van der Waals surface area contributed by atoms with Crippen molar-refractivity contribution in [2.75, 3.05) is 20.1 Å². The Morgan fingerprint density at radius 1 is 1.35 bits per heavy atom. The monoisotopic (exact) mass is 349 g/mol. The van der Waals surface area contributed by atoms with Crippen molar-refractivity contribution in [1.29, 1.82) is 0 Å². The predicted octanol–water partition coefficient (Wildman–Crippen LogP) is 1.70. The normalized spacial score (nSPS) is 11.3. The van der Waals surface area contributed by atoms with E-state index in [1.165, 1.54) is 0 Å². The van der Waals surface area contributed by atoms with Crippen molar-refractivity contribution in [2.24, 2.45) is 5.73 Å². The van der Waals surface area contributed by atoms with Gasteiger partial charge in [0.2, 0.25) is 5.91 Å². The Balaban J connectivity index is 0.00000484. The van der Waals surface area contributed by atoms with Crippen molar-refractivity contribution >= 4 is 24.2 Å². The van der Waals surface area contributed by atoms with Gasteiger partial charge < -0.3 is 16.0 Å². The summed E-state index contributed by atoms with van der Waals surface area (Å²) in [6, 6.07) is 2.71. The third-order valence-corrected chi connectivity index (χ3v) is 3.42. The summed E-state index contributed by atoms with van der Waals surface area (Å²) in [5, 5.41) is 2.50. The van der Waals surface area contributed by atoms with Crippen LogP contribution in [0, 0.1) is 11.6 Å². The summed E-state index contributed by atoms with van der Waals surface area (Å²) in [4.78, 5) is 25.1. The lowest BCUT2D eigenvalue weighted by molar-refractivity contribution is -0.131. The van der Waals surface area contributed by atoms with Crippen LogP contribution in [0.4, 0.5) is 8.78 Å². The number of hydrogen-bond acceptors (Lipinski definition) is 3. The minimum Gasteiger partial charge on any atom is -0.352 e. The molecule has 0 aliphatic heterocycles. The van der Waals surface area contributed by atoms with E-state index >= 15 is 0 Å². The number of benzene rings is 1. The van der Waals surface area contributed by atoms with E-state index in [1.54, 1.807) is 11.9 Å². The van der Waals surface area contributed by atoms with Crippen LogP contribution in [0.1, 0.15) is 30.1 Å². The highest BCUT2D eigenvalue weighted by Crippen LogP contribution is 2.09. The molecule has 1 aromatic carbocycles. The molecular weight excluding hydrogens is 328 g/mol. The second-order valence-corrected chi connectivity index (χ2v) is 5.07. The molecule has 0 bridgehead atoms. The number of hydrogen-bond donors (Lipinski definition) is 2. The smallest absolute Gasteiger partial charge is 0.254 e. The zero-order valence-corrected chi connectivity index (χ0v) is 14.0. The van der Waals surface area contributed by atoms with Crippen molar-refractivity contribution < 1.29 is 18.4 Å². The van der Waals surface area contributed by atoms with E-state index in [4.69, 9.17) is 5.73 Å². The SMILES string of the molecule is CC(CN)N(C)C(=O)CCCNC(=O)c1ccc(F)cc1F.Cl. The Morgan fingerprint density at radius 2 is 2.00 bits per heavy atom. The van der Waals surface area contributed by atoms with Gasteiger partial charge in [-0.1, -0.05) is 0 Å². The van der Waals surface area contributed by atoms with Gasteiger partial charge in [0, 0.05) is 38.7 Å². The van der Waals surface area contributed by atoms with E-state index in [9.17, 15) is 18.4 Å². The van der Waals surface area contributed by atoms with Crippen molar-refractivity contribution in [1.82, 2.24) is 10.2 Å². The fourth-order valence-corrected chi connectivity index (χ4v) is 1.79. The number of nitrogens with two attached hydrogens (primary N) is 1. The second-order valence-electron chi connectivity index (χ2n) is 5.07. The molecule has 1 unspecified atom stereocenters. The first-order chi connectivity index (χ1) is 10.4. The topological polar surface area (TPSA) is 75.4 Å². The van der Waals surface area contributed by atoms with Crippen LogP contribution < -0.4 is 11.1 Å². The Labute approximate surface area is 140 Å². The Hall–Kier alpha value is -1.73. The number of nitrogens with zero attached hydrogens (tertiary/aromatic N) is 1. The summed E-state index contributed by atoms with van der Waals surface area (Å²) in [5.41, 5.74) is 5.26. The van der Waals surface area contributed by atoms with Crippen LogP contribution in [0.3, 0.4) is 0 Å². The molecule has 0 spiro atoms. The van der Waals surface area contributed by atoms with Gasteiger partial charge >= 0.3 is 0 Å². The lowest BCUT2D eigenvalue weighted by atomic mass is 10.2. The van der Waals surface area contributed by atoms with Crippen LogP contribution in [0.25, 0.3) is 0 Å². The number of likely N-dealkylation sites (N-methyl/N-ethyl adjacent to an activating group) is 1. The minimum atomic E-state index is -0.912. The van der Waals surface area contributed by atoms with Crippen molar-refractivity contribution in [2.45, 2.75) is 25.8 Å². The number of halogens is 3. The molecule has 23 heavy (non-hydrogen) atoms. The molecular formula is C15H22ClF2N3O2. The van der Waals surface area contributed by atoms with Gasteiger partial charge in [0.15, 0.2) is 0 Å². The van der Waals surface area contributed by atoms with Crippen LogP contribution >= 0.6 is 12.4 Å². The molecule has 0 saturated carbocycles. The highest BCUT2D eigenvalue weighted by Gasteiger charge is 2.15. The molecule has 0 aliphatic carbocycles. The summed E-state index contributed by atoms with van der Waals surface area (Å²) in [7, 11) is 1.67. The van der Waals surface area contributed by atoms with Gasteiger partial charge in [0.25, 0.3) is 5.91 Å². The van der Waals surface area contributed by atoms with Gasteiger partial charge in [-0.25, -0.2) is 8.78 Å². The number of nitrogens with one attached hydrogen (secondary N) is 1. The van der Waals surface area contributed by atoms with Gasteiger partial charge in [-0.15, -0.1) is 12.4 Å². The quantitative estimate of drug-likeness (QED) is 0.736. The van der Waals surface area contributed by atoms with Gasteiger partial charge in [0.1, 0.15) is 11.6 Å². The van der Waals surface area contributed by atoms with Crippen LogP contribution in [-0.2, 0) is 4.79 Å². The van der Waals surface area contributed by atoms with Crippen LogP contribution in [-0.4, -0.2) is 42.9 Å². The average molecular weight is 350 g/mol. The molecule has 130 valence electrons. The first kappa shape index (κ1) is 21.3. The van der Waals surface area contributed by atoms with Crippen LogP contribution in [0.15, 0.2) is 18.2 Å². The lowest BCUT2D eigenvalue weighted by Gasteiger charge is -2.23. The zero-order chi connectivity index (χ0) is 16.7. The largest absolute Gasteiger partial charge is 0.352 e. The van der Waals surface area contributed by atoms with Crippen molar-refractivity contribution in [3.63, 3.8) is 0 Å². The molecule has 1 atom stereocenters. The predicted molar refractivity (Wildman–Crippen MR) is 86.5 cm³/mol. The van der Waals surface area contributed by atoms with E-state index in [0.717, 1.165) is 12.1 Å². The molecule has 0 heterocycles. The summed E-state index contributed by atoms with van der Waals surface area (Å²) in [6.07, 6.45) is 0.683. The van der Waals surface area contributed by atoms with E-state index < -0.39 is 17.5 Å². The van der Waals surface area contributed by atoms with Crippen molar-refractivity contribution in [3.05, 3.63) is 35.4 Å². The summed E-state index contributed by atoms with van der Waals surface area (Å²) in [5.74, 6) is -2.35. The molecule has 8 heteroatoms. The van der Waals surface area contributed by atoms with E-state index in [0.29, 0.717) is 19.0 Å². The summed E-state index contributed by atoms with van der Waals surface area (Å²) < 4.78 is 26.2. The Kier molecular flexibility index (Phi) is 9.36. The van der Waals surface area contributed by atoms with Gasteiger partial charge in [0.05, 0.1) is 5.56 Å². The van der Waals surface area contributed by atoms with Crippen LogP contribution in [0.2, 0.25) is 0 Å². The average Bonchev–Trinajstić information content (AvgIpc) is 2.49. The maximum atomic E-state index is 13.4. The second kappa shape index (κ2) is 10.1. The maximum absolute atomic E-state index is 13.4. The molecule has 1 rings (SSSR count). The highest BCUT2D eigenvalue weighted by atomic mass is 35.5. The molecule has 5 nitrogen and oxygen atoms in total. The highest BCUT2D eigenvalue weighted by molar-refractivity contribution is 5.94. The summed E-state index contributed by atoms with van der Waals surface area (Å²) >= 11 is 0. The van der Waals surface area contributed by atoms with Gasteiger partial charge in [-0.2, -0.15) is 0 Å².